The van der Waals surface area contributed by atoms with Crippen LogP contribution < -0.4 is 4.90 Å². The Labute approximate surface area is 326 Å². The zero-order valence-electron chi connectivity index (χ0n) is 30.5. The van der Waals surface area contributed by atoms with Gasteiger partial charge in [0.15, 0.2) is 5.82 Å². The quantitative estimate of drug-likeness (QED) is 0.182. The van der Waals surface area contributed by atoms with E-state index in [9.17, 15) is 0 Å². The highest BCUT2D eigenvalue weighted by Gasteiger charge is 2.60. The van der Waals surface area contributed by atoms with Gasteiger partial charge >= 0.3 is 0 Å². The van der Waals surface area contributed by atoms with Crippen molar-refractivity contribution in [3.63, 3.8) is 0 Å². The molecule has 1 spiro atoms. The lowest BCUT2D eigenvalue weighted by Crippen LogP contribution is -2.52. The molecule has 0 fully saturated rings. The van der Waals surface area contributed by atoms with E-state index in [0.717, 1.165) is 33.9 Å². The number of aromatic nitrogens is 2. The number of anilines is 2. The van der Waals surface area contributed by atoms with Crippen LogP contribution in [0.2, 0.25) is 0 Å². The molecule has 0 N–H and O–H groups in total. The normalized spacial score (nSPS) is 19.1. The van der Waals surface area contributed by atoms with Crippen LogP contribution in [0.5, 0.6) is 0 Å². The lowest BCUT2D eigenvalue weighted by atomic mass is 9.57. The molecule has 8 aromatic rings. The fraction of sp³-hybridized carbons (Fsp3) is 0.0566. The minimum Gasteiger partial charge on any atom is -0.332 e. The standard InChI is InChI=1S/C53H35N3/c1-4-16-34(17-5-1)37-30-31-42-41(32-37)50-40(47-33-46(35-18-6-2-7-19-35)54-52(55-47)36-20-8-3-9-21-36)24-15-26-44(50)53(42)43-25-11-13-29-49(43)56-48-28-12-10-22-38(48)39-23-14-27-45(53)51(39)56/h1-33,45,51H. The second-order valence-corrected chi connectivity index (χ2v) is 15.2. The van der Waals surface area contributed by atoms with Gasteiger partial charge in [-0.15, -0.1) is 0 Å². The number of benzene rings is 7. The summed E-state index contributed by atoms with van der Waals surface area (Å²) in [5.74, 6) is 0.852. The summed E-state index contributed by atoms with van der Waals surface area (Å²) in [6.45, 7) is 0. The minimum absolute atomic E-state index is 0.132. The summed E-state index contributed by atoms with van der Waals surface area (Å²) in [5, 5.41) is 0. The van der Waals surface area contributed by atoms with Gasteiger partial charge in [-0.1, -0.05) is 176 Å². The molecule has 0 saturated heterocycles. The van der Waals surface area contributed by atoms with Gasteiger partial charge < -0.3 is 4.90 Å². The van der Waals surface area contributed by atoms with Crippen LogP contribution in [0.15, 0.2) is 200 Å². The number of allylic oxidation sites excluding steroid dienone is 2. The van der Waals surface area contributed by atoms with Crippen molar-refractivity contribution < 1.29 is 0 Å². The first-order chi connectivity index (χ1) is 27.8. The van der Waals surface area contributed by atoms with Crippen LogP contribution in [0, 0.1) is 5.92 Å². The number of para-hydroxylation sites is 2. The second-order valence-electron chi connectivity index (χ2n) is 15.2. The van der Waals surface area contributed by atoms with Crippen LogP contribution in [-0.4, -0.2) is 16.0 Å². The van der Waals surface area contributed by atoms with Gasteiger partial charge in [0.2, 0.25) is 0 Å². The highest BCUT2D eigenvalue weighted by Crippen LogP contribution is 2.67. The summed E-state index contributed by atoms with van der Waals surface area (Å²) in [6.07, 6.45) is 7.16. The summed E-state index contributed by atoms with van der Waals surface area (Å²) in [5.41, 5.74) is 18.8. The average Bonchev–Trinajstić information content (AvgIpc) is 3.77. The van der Waals surface area contributed by atoms with E-state index in [1.54, 1.807) is 0 Å². The van der Waals surface area contributed by atoms with E-state index in [2.05, 4.69) is 199 Å². The van der Waals surface area contributed by atoms with Crippen molar-refractivity contribution in [3.05, 3.63) is 222 Å². The summed E-state index contributed by atoms with van der Waals surface area (Å²) < 4.78 is 0. The fourth-order valence-corrected chi connectivity index (χ4v) is 10.3. The number of hydrogen-bond acceptors (Lipinski definition) is 3. The van der Waals surface area contributed by atoms with Gasteiger partial charge in [-0.25, -0.2) is 9.97 Å². The van der Waals surface area contributed by atoms with Gasteiger partial charge in [0.1, 0.15) is 0 Å². The van der Waals surface area contributed by atoms with Gasteiger partial charge in [0.05, 0.1) is 22.8 Å². The molecular formula is C53H35N3. The molecule has 0 radical (unpaired) electrons. The number of hydrogen-bond donors (Lipinski definition) is 0. The molecule has 3 atom stereocenters. The van der Waals surface area contributed by atoms with E-state index >= 15 is 0 Å². The molecule has 0 saturated carbocycles. The minimum atomic E-state index is -0.455. The first-order valence-corrected chi connectivity index (χ1v) is 19.5. The summed E-state index contributed by atoms with van der Waals surface area (Å²) in [7, 11) is 0. The van der Waals surface area contributed by atoms with Crippen LogP contribution >= 0.6 is 0 Å². The molecule has 12 rings (SSSR count). The molecule has 0 bridgehead atoms. The van der Waals surface area contributed by atoms with Crippen LogP contribution in [-0.2, 0) is 5.41 Å². The van der Waals surface area contributed by atoms with Gasteiger partial charge in [-0.05, 0) is 68.8 Å². The average molecular weight is 714 g/mol. The third-order valence-electron chi connectivity index (χ3n) is 12.5. The number of fused-ring (bicyclic) bond motifs is 12. The Morgan fingerprint density at radius 1 is 0.446 bits per heavy atom. The lowest BCUT2D eigenvalue weighted by molar-refractivity contribution is 0.404. The van der Waals surface area contributed by atoms with E-state index in [-0.39, 0.29) is 12.0 Å². The predicted molar refractivity (Wildman–Crippen MR) is 229 cm³/mol. The molecular weight excluding hydrogens is 679 g/mol. The Kier molecular flexibility index (Phi) is 6.67. The Hall–Kier alpha value is -7.10. The van der Waals surface area contributed by atoms with Gasteiger partial charge in [-0.2, -0.15) is 0 Å². The molecule has 7 aromatic carbocycles. The van der Waals surface area contributed by atoms with Gasteiger partial charge in [-0.3, -0.25) is 0 Å². The molecule has 3 nitrogen and oxygen atoms in total. The van der Waals surface area contributed by atoms with E-state index in [4.69, 9.17) is 9.97 Å². The zero-order valence-corrected chi connectivity index (χ0v) is 30.5. The van der Waals surface area contributed by atoms with Crippen molar-refractivity contribution in [3.8, 4) is 56.2 Å². The SMILES string of the molecule is C1=CC2C3C(=C1)c1ccccc1N3c1ccccc1C21c2ccc(-c3ccccc3)cc2-c2c(-c3cc(-c4ccccc4)nc(-c4ccccc4)n3)cccc21. The Morgan fingerprint density at radius 3 is 1.89 bits per heavy atom. The zero-order chi connectivity index (χ0) is 36.8. The van der Waals surface area contributed by atoms with E-state index in [1.807, 2.05) is 6.07 Å². The molecule has 0 amide bonds. The predicted octanol–water partition coefficient (Wildman–Crippen LogP) is 12.6. The maximum Gasteiger partial charge on any atom is 0.160 e. The molecule has 3 unspecified atom stereocenters. The second kappa shape index (κ2) is 11.9. The van der Waals surface area contributed by atoms with Gasteiger partial charge in [0.25, 0.3) is 0 Å². The van der Waals surface area contributed by atoms with E-state index in [1.165, 1.54) is 61.5 Å². The van der Waals surface area contributed by atoms with E-state index in [0.29, 0.717) is 0 Å². The largest absolute Gasteiger partial charge is 0.332 e. The molecule has 4 aliphatic rings. The maximum absolute atomic E-state index is 5.41. The Balaban J connectivity index is 1.18. The fourth-order valence-electron chi connectivity index (χ4n) is 10.3. The third kappa shape index (κ3) is 4.28. The summed E-state index contributed by atoms with van der Waals surface area (Å²) in [6, 6.07) is 66.3. The highest BCUT2D eigenvalue weighted by molar-refractivity contribution is 6.01. The van der Waals surface area contributed by atoms with Crippen LogP contribution in [0.3, 0.4) is 0 Å². The Bertz CT molecular complexity index is 2870. The summed E-state index contributed by atoms with van der Waals surface area (Å²) in [4.78, 5) is 13.2. The Morgan fingerprint density at radius 2 is 1.09 bits per heavy atom. The molecule has 2 aliphatic heterocycles. The first kappa shape index (κ1) is 31.3. The molecule has 262 valence electrons. The molecule has 1 aromatic heterocycles. The smallest absolute Gasteiger partial charge is 0.160 e. The van der Waals surface area contributed by atoms with Crippen LogP contribution in [0.1, 0.15) is 22.3 Å². The molecule has 3 heterocycles. The van der Waals surface area contributed by atoms with Crippen molar-refractivity contribution >= 4 is 16.9 Å². The van der Waals surface area contributed by atoms with E-state index < -0.39 is 5.41 Å². The lowest BCUT2D eigenvalue weighted by Gasteiger charge is -2.52. The number of nitrogens with zero attached hydrogens (tertiary/aromatic N) is 3. The molecule has 2 aliphatic carbocycles. The van der Waals surface area contributed by atoms with Crippen molar-refractivity contribution in [2.75, 3.05) is 4.90 Å². The maximum atomic E-state index is 5.41. The third-order valence-corrected chi connectivity index (χ3v) is 12.5. The topological polar surface area (TPSA) is 29.0 Å². The van der Waals surface area contributed by atoms with Crippen molar-refractivity contribution in [2.45, 2.75) is 11.5 Å². The molecule has 3 heteroatoms. The summed E-state index contributed by atoms with van der Waals surface area (Å²) >= 11 is 0. The number of rotatable bonds is 4. The van der Waals surface area contributed by atoms with Crippen LogP contribution in [0.25, 0.3) is 61.7 Å². The molecule has 56 heavy (non-hydrogen) atoms. The van der Waals surface area contributed by atoms with Crippen molar-refractivity contribution in [1.82, 2.24) is 9.97 Å². The monoisotopic (exact) mass is 713 g/mol. The van der Waals surface area contributed by atoms with Gasteiger partial charge in [0, 0.05) is 39.5 Å². The van der Waals surface area contributed by atoms with Crippen molar-refractivity contribution in [2.24, 2.45) is 5.92 Å². The highest BCUT2D eigenvalue weighted by atomic mass is 15.2. The van der Waals surface area contributed by atoms with Crippen molar-refractivity contribution in [1.29, 1.82) is 0 Å². The first-order valence-electron chi connectivity index (χ1n) is 19.5. The van der Waals surface area contributed by atoms with Crippen LogP contribution in [0.4, 0.5) is 11.4 Å².